The second-order valence-electron chi connectivity index (χ2n) is 6.52. The fourth-order valence-electron chi connectivity index (χ4n) is 2.75. The lowest BCUT2D eigenvalue weighted by Crippen LogP contribution is -2.25. The summed E-state index contributed by atoms with van der Waals surface area (Å²) in [6.07, 6.45) is -0.0163. The average molecular weight is 440 g/mol. The van der Waals surface area contributed by atoms with Crippen molar-refractivity contribution in [1.82, 2.24) is 20.0 Å². The summed E-state index contributed by atoms with van der Waals surface area (Å²) in [5.41, 5.74) is 0.802. The van der Waals surface area contributed by atoms with Gasteiger partial charge in [-0.3, -0.25) is 9.59 Å². The van der Waals surface area contributed by atoms with E-state index < -0.39 is 5.97 Å². The maximum absolute atomic E-state index is 12.9. The summed E-state index contributed by atoms with van der Waals surface area (Å²) in [5, 5.41) is 10.8. The first-order valence-corrected chi connectivity index (χ1v) is 10.3. The van der Waals surface area contributed by atoms with Crippen LogP contribution in [0.25, 0.3) is 10.9 Å². The third-order valence-corrected chi connectivity index (χ3v) is 5.18. The standard InChI is InChI=1S/C21H17FN4O4S/c22-14-5-7-16(8-6-14)29-12-19-23-15(13-31-19)11-30-20(27)9-10-26-21(28)17-3-1-2-4-18(17)24-25-26/h1-8,13H,9-12H2. The zero-order valence-electron chi connectivity index (χ0n) is 16.2. The Morgan fingerprint density at radius 2 is 1.90 bits per heavy atom. The molecule has 31 heavy (non-hydrogen) atoms. The summed E-state index contributed by atoms with van der Waals surface area (Å²) in [4.78, 5) is 28.8. The van der Waals surface area contributed by atoms with Crippen LogP contribution in [-0.4, -0.2) is 25.9 Å². The Morgan fingerprint density at radius 1 is 1.10 bits per heavy atom. The van der Waals surface area contributed by atoms with Crippen LogP contribution in [0.2, 0.25) is 0 Å². The number of thiazole rings is 1. The summed E-state index contributed by atoms with van der Waals surface area (Å²) in [6.45, 7) is 0.321. The minimum atomic E-state index is -0.473. The highest BCUT2D eigenvalue weighted by Gasteiger charge is 2.10. The van der Waals surface area contributed by atoms with Gasteiger partial charge in [-0.05, 0) is 36.4 Å². The van der Waals surface area contributed by atoms with E-state index in [1.807, 2.05) is 0 Å². The minimum Gasteiger partial charge on any atom is -0.486 e. The first-order chi connectivity index (χ1) is 15.1. The van der Waals surface area contributed by atoms with Gasteiger partial charge in [-0.1, -0.05) is 17.3 Å². The number of esters is 1. The molecule has 4 rings (SSSR count). The fourth-order valence-corrected chi connectivity index (χ4v) is 3.44. The predicted octanol–water partition coefficient (Wildman–Crippen LogP) is 3.10. The van der Waals surface area contributed by atoms with Gasteiger partial charge in [-0.2, -0.15) is 0 Å². The molecule has 4 aromatic rings. The van der Waals surface area contributed by atoms with Crippen molar-refractivity contribution in [2.75, 3.05) is 0 Å². The third-order valence-electron chi connectivity index (χ3n) is 4.31. The maximum Gasteiger partial charge on any atom is 0.308 e. The van der Waals surface area contributed by atoms with Crippen molar-refractivity contribution in [2.24, 2.45) is 0 Å². The van der Waals surface area contributed by atoms with Gasteiger partial charge in [0.05, 0.1) is 24.0 Å². The largest absolute Gasteiger partial charge is 0.486 e. The lowest BCUT2D eigenvalue weighted by molar-refractivity contribution is -0.145. The number of halogens is 1. The van der Waals surface area contributed by atoms with Gasteiger partial charge in [0.1, 0.15) is 35.3 Å². The lowest BCUT2D eigenvalue weighted by atomic mass is 10.2. The van der Waals surface area contributed by atoms with E-state index in [2.05, 4.69) is 15.3 Å². The highest BCUT2D eigenvalue weighted by molar-refractivity contribution is 7.09. The number of rotatable bonds is 8. The Morgan fingerprint density at radius 3 is 2.74 bits per heavy atom. The van der Waals surface area contributed by atoms with Crippen LogP contribution < -0.4 is 10.3 Å². The van der Waals surface area contributed by atoms with Crippen molar-refractivity contribution >= 4 is 28.2 Å². The Kier molecular flexibility index (Phi) is 6.27. The van der Waals surface area contributed by atoms with Crippen LogP contribution in [-0.2, 0) is 29.3 Å². The molecule has 0 N–H and O–H groups in total. The normalized spacial score (nSPS) is 10.9. The summed E-state index contributed by atoms with van der Waals surface area (Å²) < 4.78 is 24.8. The van der Waals surface area contributed by atoms with E-state index in [0.717, 1.165) is 4.68 Å². The van der Waals surface area contributed by atoms with Gasteiger partial charge in [0.15, 0.2) is 0 Å². The van der Waals surface area contributed by atoms with Gasteiger partial charge in [0.25, 0.3) is 5.56 Å². The van der Waals surface area contributed by atoms with Gasteiger partial charge in [0, 0.05) is 5.38 Å². The summed E-state index contributed by atoms with van der Waals surface area (Å²) in [7, 11) is 0. The Bertz CT molecular complexity index is 1260. The van der Waals surface area contributed by atoms with Crippen molar-refractivity contribution in [1.29, 1.82) is 0 Å². The molecule has 0 atom stereocenters. The topological polar surface area (TPSA) is 96.2 Å². The van der Waals surface area contributed by atoms with Crippen molar-refractivity contribution in [3.05, 3.63) is 80.8 Å². The molecule has 8 nitrogen and oxygen atoms in total. The Hall–Kier alpha value is -3.66. The molecule has 0 aliphatic rings. The molecule has 0 radical (unpaired) electrons. The van der Waals surface area contributed by atoms with E-state index >= 15 is 0 Å². The van der Waals surface area contributed by atoms with Crippen LogP contribution in [0.5, 0.6) is 5.75 Å². The van der Waals surface area contributed by atoms with Crippen LogP contribution in [0.15, 0.2) is 58.7 Å². The van der Waals surface area contributed by atoms with Crippen molar-refractivity contribution in [2.45, 2.75) is 26.2 Å². The molecule has 10 heteroatoms. The minimum absolute atomic E-state index is 0.0163. The number of nitrogens with zero attached hydrogens (tertiary/aromatic N) is 4. The first-order valence-electron chi connectivity index (χ1n) is 9.38. The molecule has 0 amide bonds. The molecule has 0 unspecified atom stereocenters. The van der Waals surface area contributed by atoms with Crippen molar-refractivity contribution in [3.8, 4) is 5.75 Å². The van der Waals surface area contributed by atoms with Crippen LogP contribution >= 0.6 is 11.3 Å². The summed E-state index contributed by atoms with van der Waals surface area (Å²) >= 11 is 1.37. The SMILES string of the molecule is O=C(CCn1nnc2ccccc2c1=O)OCc1csc(COc2ccc(F)cc2)n1. The van der Waals surface area contributed by atoms with Gasteiger partial charge < -0.3 is 9.47 Å². The number of carbonyl (C=O) groups is 1. The number of aromatic nitrogens is 4. The number of carbonyl (C=O) groups excluding carboxylic acids is 1. The highest BCUT2D eigenvalue weighted by Crippen LogP contribution is 2.16. The molecule has 0 aliphatic carbocycles. The second-order valence-corrected chi connectivity index (χ2v) is 7.46. The molecule has 0 aliphatic heterocycles. The molecule has 0 saturated heterocycles. The number of aryl methyl sites for hydroxylation is 1. The van der Waals surface area contributed by atoms with Gasteiger partial charge in [-0.15, -0.1) is 16.4 Å². The average Bonchev–Trinajstić information content (AvgIpc) is 3.25. The number of ether oxygens (including phenoxy) is 2. The van der Waals surface area contributed by atoms with E-state index in [9.17, 15) is 14.0 Å². The fraction of sp³-hybridized carbons (Fsp3) is 0.190. The number of hydrogen-bond donors (Lipinski definition) is 0. The number of benzene rings is 2. The molecule has 158 valence electrons. The molecule has 2 heterocycles. The second kappa shape index (κ2) is 9.43. The van der Waals surface area contributed by atoms with Crippen LogP contribution in [0.4, 0.5) is 4.39 Å². The Labute approximate surface area is 179 Å². The third kappa shape index (κ3) is 5.28. The zero-order valence-corrected chi connectivity index (χ0v) is 17.0. The molecule has 2 aromatic heterocycles. The maximum atomic E-state index is 12.9. The number of hydrogen-bond acceptors (Lipinski definition) is 8. The summed E-state index contributed by atoms with van der Waals surface area (Å²) in [6, 6.07) is 12.6. The molecule has 0 spiro atoms. The van der Waals surface area contributed by atoms with E-state index in [1.165, 1.54) is 35.6 Å². The molecule has 2 aromatic carbocycles. The molecule has 0 saturated carbocycles. The highest BCUT2D eigenvalue weighted by atomic mass is 32.1. The van der Waals surface area contributed by atoms with Crippen LogP contribution in [0, 0.1) is 5.82 Å². The van der Waals surface area contributed by atoms with E-state index in [-0.39, 0.29) is 37.6 Å². The molecular weight excluding hydrogens is 423 g/mol. The van der Waals surface area contributed by atoms with Gasteiger partial charge in [-0.25, -0.2) is 14.1 Å². The van der Waals surface area contributed by atoms with Gasteiger partial charge >= 0.3 is 5.97 Å². The summed E-state index contributed by atoms with van der Waals surface area (Å²) in [5.74, 6) is -0.265. The van der Waals surface area contributed by atoms with E-state index in [4.69, 9.17) is 9.47 Å². The quantitative estimate of drug-likeness (QED) is 0.389. The van der Waals surface area contributed by atoms with Crippen molar-refractivity contribution in [3.63, 3.8) is 0 Å². The zero-order chi connectivity index (χ0) is 21.6. The smallest absolute Gasteiger partial charge is 0.308 e. The Balaban J connectivity index is 1.25. The molecule has 0 bridgehead atoms. The first kappa shape index (κ1) is 20.6. The monoisotopic (exact) mass is 440 g/mol. The lowest BCUT2D eigenvalue weighted by Gasteiger charge is -2.05. The van der Waals surface area contributed by atoms with Gasteiger partial charge in [0.2, 0.25) is 0 Å². The number of fused-ring (bicyclic) bond motifs is 1. The van der Waals surface area contributed by atoms with Crippen LogP contribution in [0.1, 0.15) is 17.1 Å². The molecule has 0 fully saturated rings. The van der Waals surface area contributed by atoms with Crippen molar-refractivity contribution < 1.29 is 18.7 Å². The van der Waals surface area contributed by atoms with E-state index in [0.29, 0.717) is 27.4 Å². The molecular formula is C21H17FN4O4S. The predicted molar refractivity (Wildman–Crippen MR) is 111 cm³/mol. The van der Waals surface area contributed by atoms with E-state index in [1.54, 1.807) is 29.6 Å². The van der Waals surface area contributed by atoms with Crippen LogP contribution in [0.3, 0.4) is 0 Å².